The lowest BCUT2D eigenvalue weighted by Gasteiger charge is -2.35. The summed E-state index contributed by atoms with van der Waals surface area (Å²) in [7, 11) is 1.52. The third kappa shape index (κ3) is 3.49. The molecule has 0 heterocycles. The first-order valence-electron chi connectivity index (χ1n) is 6.90. The van der Waals surface area contributed by atoms with Crippen molar-refractivity contribution in [3.63, 3.8) is 0 Å². The minimum atomic E-state index is -4.28. The highest BCUT2D eigenvalue weighted by molar-refractivity contribution is 5.41. The first-order valence-corrected chi connectivity index (χ1v) is 6.90. The number of rotatable bonds is 4. The van der Waals surface area contributed by atoms with E-state index in [1.165, 1.54) is 12.0 Å². The number of hydrogen-bond acceptors (Lipinski definition) is 3. The van der Waals surface area contributed by atoms with Gasteiger partial charge in [-0.2, -0.15) is 13.2 Å². The summed E-state index contributed by atoms with van der Waals surface area (Å²) in [6.45, 7) is 2.40. The third-order valence-corrected chi connectivity index (χ3v) is 3.92. The van der Waals surface area contributed by atoms with Gasteiger partial charge in [0.2, 0.25) is 0 Å². The van der Waals surface area contributed by atoms with E-state index in [1.807, 2.05) is 6.07 Å². The SMILES string of the molecule is COc1ccc2c(c1)C(O)C(N(CC(F)(F)F)C(C)C)C2. The number of fused-ring (bicyclic) bond motifs is 1. The van der Waals surface area contributed by atoms with Gasteiger partial charge in [-0.25, -0.2) is 0 Å². The van der Waals surface area contributed by atoms with Crippen LogP contribution in [0, 0.1) is 0 Å². The second-order valence-electron chi connectivity index (χ2n) is 5.66. The smallest absolute Gasteiger partial charge is 0.401 e. The predicted octanol–water partition coefficient (Wildman–Crippen LogP) is 2.93. The maximum Gasteiger partial charge on any atom is 0.401 e. The summed E-state index contributed by atoms with van der Waals surface area (Å²) >= 11 is 0. The Morgan fingerprint density at radius 1 is 1.38 bits per heavy atom. The standard InChI is InChI=1S/C15H20F3NO2/c1-9(2)19(8-15(16,17)18)13-6-10-4-5-11(21-3)7-12(10)14(13)20/h4-5,7,9,13-14,20H,6,8H2,1-3H3. The molecule has 0 bridgehead atoms. The van der Waals surface area contributed by atoms with Gasteiger partial charge >= 0.3 is 6.18 Å². The quantitative estimate of drug-likeness (QED) is 0.928. The Morgan fingerprint density at radius 2 is 2.05 bits per heavy atom. The lowest BCUT2D eigenvalue weighted by molar-refractivity contribution is -0.159. The van der Waals surface area contributed by atoms with E-state index in [1.54, 1.807) is 26.0 Å². The maximum absolute atomic E-state index is 12.8. The van der Waals surface area contributed by atoms with E-state index in [0.717, 1.165) is 5.56 Å². The van der Waals surface area contributed by atoms with E-state index in [-0.39, 0.29) is 6.04 Å². The summed E-state index contributed by atoms with van der Waals surface area (Å²) in [5, 5.41) is 10.4. The number of benzene rings is 1. The normalized spacial score (nSPS) is 22.0. The van der Waals surface area contributed by atoms with Gasteiger partial charge in [-0.3, -0.25) is 4.90 Å². The van der Waals surface area contributed by atoms with Crippen molar-refractivity contribution in [3.8, 4) is 5.75 Å². The van der Waals surface area contributed by atoms with Crippen LogP contribution >= 0.6 is 0 Å². The van der Waals surface area contributed by atoms with Crippen molar-refractivity contribution in [3.05, 3.63) is 29.3 Å². The van der Waals surface area contributed by atoms with Gasteiger partial charge in [0.1, 0.15) is 5.75 Å². The molecule has 3 nitrogen and oxygen atoms in total. The van der Waals surface area contributed by atoms with Crippen LogP contribution in [-0.2, 0) is 6.42 Å². The second kappa shape index (κ2) is 5.85. The van der Waals surface area contributed by atoms with E-state index in [4.69, 9.17) is 4.74 Å². The molecule has 1 aliphatic carbocycles. The number of hydrogen-bond donors (Lipinski definition) is 1. The van der Waals surface area contributed by atoms with Crippen molar-refractivity contribution in [1.29, 1.82) is 0 Å². The fourth-order valence-electron chi connectivity index (χ4n) is 2.89. The van der Waals surface area contributed by atoms with Gasteiger partial charge in [0.15, 0.2) is 0 Å². The Kier molecular flexibility index (Phi) is 4.49. The van der Waals surface area contributed by atoms with Crippen LogP contribution in [0.4, 0.5) is 13.2 Å². The second-order valence-corrected chi connectivity index (χ2v) is 5.66. The summed E-state index contributed by atoms with van der Waals surface area (Å²) < 4.78 is 43.4. The van der Waals surface area contributed by atoms with E-state index in [2.05, 4.69) is 0 Å². The van der Waals surface area contributed by atoms with Crippen LogP contribution in [0.3, 0.4) is 0 Å². The number of ether oxygens (including phenoxy) is 1. The molecule has 1 aromatic carbocycles. The van der Waals surface area contributed by atoms with Gasteiger partial charge in [0.05, 0.1) is 19.8 Å². The first-order chi connectivity index (χ1) is 9.73. The van der Waals surface area contributed by atoms with Gasteiger partial charge in [-0.1, -0.05) is 6.07 Å². The Morgan fingerprint density at radius 3 is 2.57 bits per heavy atom. The topological polar surface area (TPSA) is 32.7 Å². The molecule has 1 N–H and O–H groups in total. The van der Waals surface area contributed by atoms with Crippen LogP contribution in [-0.4, -0.2) is 41.9 Å². The van der Waals surface area contributed by atoms with Gasteiger partial charge in [-0.15, -0.1) is 0 Å². The van der Waals surface area contributed by atoms with E-state index in [0.29, 0.717) is 17.7 Å². The molecule has 0 aromatic heterocycles. The molecule has 0 fully saturated rings. The van der Waals surface area contributed by atoms with Crippen LogP contribution in [0.25, 0.3) is 0 Å². The molecular formula is C15H20F3NO2. The number of aliphatic hydroxyl groups excluding tert-OH is 1. The summed E-state index contributed by atoms with van der Waals surface area (Å²) in [5.41, 5.74) is 1.54. The van der Waals surface area contributed by atoms with E-state index >= 15 is 0 Å². The highest BCUT2D eigenvalue weighted by Gasteiger charge is 2.41. The van der Waals surface area contributed by atoms with Crippen molar-refractivity contribution in [2.75, 3.05) is 13.7 Å². The van der Waals surface area contributed by atoms with Crippen molar-refractivity contribution in [1.82, 2.24) is 4.90 Å². The van der Waals surface area contributed by atoms with Crippen molar-refractivity contribution < 1.29 is 23.0 Å². The van der Waals surface area contributed by atoms with Gasteiger partial charge in [-0.05, 0) is 43.5 Å². The summed E-state index contributed by atoms with van der Waals surface area (Å²) in [6.07, 6.45) is -4.80. The van der Waals surface area contributed by atoms with E-state index in [9.17, 15) is 18.3 Å². The van der Waals surface area contributed by atoms with Crippen molar-refractivity contribution >= 4 is 0 Å². The summed E-state index contributed by atoms with van der Waals surface area (Å²) in [4.78, 5) is 1.32. The van der Waals surface area contributed by atoms with Crippen LogP contribution < -0.4 is 4.74 Å². The van der Waals surface area contributed by atoms with Gasteiger partial charge < -0.3 is 9.84 Å². The maximum atomic E-state index is 12.8. The lowest BCUT2D eigenvalue weighted by atomic mass is 10.1. The molecule has 6 heteroatoms. The lowest BCUT2D eigenvalue weighted by Crippen LogP contribution is -2.47. The highest BCUT2D eigenvalue weighted by atomic mass is 19.4. The largest absolute Gasteiger partial charge is 0.497 e. The van der Waals surface area contributed by atoms with Crippen LogP contribution in [0.15, 0.2) is 18.2 Å². The molecular weight excluding hydrogens is 283 g/mol. The zero-order valence-electron chi connectivity index (χ0n) is 12.3. The molecule has 21 heavy (non-hydrogen) atoms. The summed E-state index contributed by atoms with van der Waals surface area (Å²) in [6, 6.07) is 4.41. The Hall–Kier alpha value is -1.27. The molecule has 0 radical (unpaired) electrons. The van der Waals surface area contributed by atoms with Crippen LogP contribution in [0.1, 0.15) is 31.1 Å². The van der Waals surface area contributed by atoms with Crippen LogP contribution in [0.2, 0.25) is 0 Å². The zero-order valence-corrected chi connectivity index (χ0v) is 12.3. The fraction of sp³-hybridized carbons (Fsp3) is 0.600. The van der Waals surface area contributed by atoms with Gasteiger partial charge in [0, 0.05) is 12.1 Å². The average molecular weight is 303 g/mol. The van der Waals surface area contributed by atoms with Crippen molar-refractivity contribution in [2.45, 2.75) is 44.6 Å². The molecule has 118 valence electrons. The zero-order chi connectivity index (χ0) is 15.8. The Balaban J connectivity index is 2.25. The number of halogens is 3. The minimum absolute atomic E-state index is 0.303. The fourth-order valence-corrected chi connectivity index (χ4v) is 2.89. The molecule has 0 saturated carbocycles. The molecule has 0 amide bonds. The molecule has 0 aliphatic heterocycles. The Labute approximate surface area is 122 Å². The number of aliphatic hydroxyl groups is 1. The monoisotopic (exact) mass is 303 g/mol. The first kappa shape index (κ1) is 16.1. The number of alkyl halides is 3. The Bertz CT molecular complexity index is 502. The van der Waals surface area contributed by atoms with E-state index < -0.39 is 24.9 Å². The third-order valence-electron chi connectivity index (χ3n) is 3.92. The minimum Gasteiger partial charge on any atom is -0.497 e. The molecule has 1 aromatic rings. The molecule has 2 unspecified atom stereocenters. The van der Waals surface area contributed by atoms with Gasteiger partial charge in [0.25, 0.3) is 0 Å². The highest BCUT2D eigenvalue weighted by Crippen LogP contribution is 2.38. The number of nitrogens with zero attached hydrogens (tertiary/aromatic N) is 1. The molecule has 2 atom stereocenters. The van der Waals surface area contributed by atoms with Crippen LogP contribution in [0.5, 0.6) is 5.75 Å². The number of methoxy groups -OCH3 is 1. The molecule has 2 rings (SSSR count). The summed E-state index contributed by atoms with van der Waals surface area (Å²) in [5.74, 6) is 0.598. The molecule has 0 spiro atoms. The molecule has 1 aliphatic rings. The predicted molar refractivity (Wildman–Crippen MR) is 73.3 cm³/mol. The molecule has 0 saturated heterocycles. The average Bonchev–Trinajstić information content (AvgIpc) is 2.71. The van der Waals surface area contributed by atoms with Crippen molar-refractivity contribution in [2.24, 2.45) is 0 Å².